The van der Waals surface area contributed by atoms with Crippen molar-refractivity contribution >= 4 is 11.7 Å². The number of carbonyl (C=O) groups is 1. The maximum atomic E-state index is 13.6. The number of nitrogens with zero attached hydrogens (tertiary/aromatic N) is 4. The molecule has 0 aliphatic carbocycles. The molecule has 21 heavy (non-hydrogen) atoms. The topological polar surface area (TPSA) is 111 Å². The van der Waals surface area contributed by atoms with Crippen LogP contribution in [0.4, 0.5) is 10.1 Å². The van der Waals surface area contributed by atoms with Crippen LogP contribution in [0.1, 0.15) is 29.5 Å². The molecule has 0 aliphatic heterocycles. The first kappa shape index (κ1) is 14.6. The van der Waals surface area contributed by atoms with Crippen LogP contribution in [0.2, 0.25) is 0 Å². The fourth-order valence-electron chi connectivity index (χ4n) is 1.91. The summed E-state index contributed by atoms with van der Waals surface area (Å²) in [5.41, 5.74) is -0.371. The molecule has 8 nitrogen and oxygen atoms in total. The molecule has 2 rings (SSSR count). The molecule has 0 radical (unpaired) electrons. The molecule has 0 atom stereocenters. The van der Waals surface area contributed by atoms with E-state index < -0.39 is 22.4 Å². The summed E-state index contributed by atoms with van der Waals surface area (Å²) in [7, 11) is 0. The van der Waals surface area contributed by atoms with Crippen LogP contribution < -0.4 is 0 Å². The number of halogens is 1. The largest absolute Gasteiger partial charge is 0.476 e. The van der Waals surface area contributed by atoms with Gasteiger partial charge < -0.3 is 5.11 Å². The molecular formula is C12H11FN4O4. The monoisotopic (exact) mass is 294 g/mol. The van der Waals surface area contributed by atoms with Gasteiger partial charge in [0.1, 0.15) is 0 Å². The zero-order valence-electron chi connectivity index (χ0n) is 11.0. The van der Waals surface area contributed by atoms with Crippen molar-refractivity contribution in [3.05, 3.63) is 45.5 Å². The summed E-state index contributed by atoms with van der Waals surface area (Å²) in [6.45, 7) is 1.85. The molecule has 0 amide bonds. The Labute approximate surface area is 118 Å². The van der Waals surface area contributed by atoms with E-state index >= 15 is 0 Å². The molecule has 2 aromatic rings. The molecule has 0 aliphatic rings. The third kappa shape index (κ3) is 2.71. The molecule has 0 saturated carbocycles. The van der Waals surface area contributed by atoms with Gasteiger partial charge in [-0.3, -0.25) is 10.1 Å². The van der Waals surface area contributed by atoms with E-state index in [1.54, 1.807) is 0 Å². The van der Waals surface area contributed by atoms with E-state index in [-0.39, 0.29) is 11.4 Å². The highest BCUT2D eigenvalue weighted by Crippen LogP contribution is 2.22. The second-order valence-corrected chi connectivity index (χ2v) is 4.24. The van der Waals surface area contributed by atoms with Crippen LogP contribution in [0.15, 0.2) is 18.2 Å². The lowest BCUT2D eigenvalue weighted by molar-refractivity contribution is -0.387. The minimum Gasteiger partial charge on any atom is -0.476 e. The second-order valence-electron chi connectivity index (χ2n) is 4.24. The van der Waals surface area contributed by atoms with Gasteiger partial charge in [-0.15, -0.1) is 5.10 Å². The first-order valence-electron chi connectivity index (χ1n) is 6.07. The first-order valence-corrected chi connectivity index (χ1v) is 6.07. The minimum absolute atomic E-state index is 0.182. The second kappa shape index (κ2) is 5.65. The maximum absolute atomic E-state index is 13.6. The fraction of sp³-hybridized carbons (Fsp3) is 0.250. The van der Waals surface area contributed by atoms with Gasteiger partial charge in [-0.25, -0.2) is 9.48 Å². The summed E-state index contributed by atoms with van der Waals surface area (Å²) in [4.78, 5) is 20.8. The molecule has 1 N–H and O–H groups in total. The van der Waals surface area contributed by atoms with Crippen LogP contribution in [0.25, 0.3) is 5.69 Å². The zero-order valence-corrected chi connectivity index (χ0v) is 11.0. The Balaban J connectivity index is 2.54. The van der Waals surface area contributed by atoms with Gasteiger partial charge in [-0.05, 0) is 12.5 Å². The lowest BCUT2D eigenvalue weighted by Crippen LogP contribution is -2.07. The molecule has 9 heteroatoms. The van der Waals surface area contributed by atoms with Gasteiger partial charge in [0.05, 0.1) is 16.3 Å². The van der Waals surface area contributed by atoms with Crippen molar-refractivity contribution in [3.63, 3.8) is 0 Å². The van der Waals surface area contributed by atoms with Gasteiger partial charge in [0.25, 0.3) is 0 Å². The fourth-order valence-corrected chi connectivity index (χ4v) is 1.91. The number of benzene rings is 1. The highest BCUT2D eigenvalue weighted by atomic mass is 19.1. The van der Waals surface area contributed by atoms with Crippen LogP contribution in [-0.2, 0) is 6.42 Å². The number of nitro benzene ring substituents is 1. The summed E-state index contributed by atoms with van der Waals surface area (Å²) in [5.74, 6) is -2.25. The van der Waals surface area contributed by atoms with Crippen LogP contribution in [0.5, 0.6) is 0 Å². The Hall–Kier alpha value is -2.84. The highest BCUT2D eigenvalue weighted by molar-refractivity contribution is 5.86. The zero-order chi connectivity index (χ0) is 15.6. The number of carboxylic acids is 1. The van der Waals surface area contributed by atoms with Crippen molar-refractivity contribution < 1.29 is 19.2 Å². The standard InChI is InChI=1S/C12H11FN4O4/c1-2-3-10-11(12(18)19)14-15-16(10)7-4-5-9(17(20)21)8(13)6-7/h4-6H,2-3H2,1H3,(H,18,19). The van der Waals surface area contributed by atoms with Crippen molar-refractivity contribution in [2.24, 2.45) is 0 Å². The van der Waals surface area contributed by atoms with E-state index in [9.17, 15) is 19.3 Å². The molecule has 1 aromatic heterocycles. The third-order valence-electron chi connectivity index (χ3n) is 2.83. The van der Waals surface area contributed by atoms with Gasteiger partial charge in [0.2, 0.25) is 5.82 Å². The van der Waals surface area contributed by atoms with Gasteiger partial charge in [-0.2, -0.15) is 4.39 Å². The average molecular weight is 294 g/mol. The van der Waals surface area contributed by atoms with Crippen LogP contribution in [0, 0.1) is 15.9 Å². The van der Waals surface area contributed by atoms with Crippen molar-refractivity contribution in [3.8, 4) is 5.69 Å². The highest BCUT2D eigenvalue weighted by Gasteiger charge is 2.21. The van der Waals surface area contributed by atoms with E-state index in [1.807, 2.05) is 6.92 Å². The quantitative estimate of drug-likeness (QED) is 0.666. The third-order valence-corrected chi connectivity index (χ3v) is 2.83. The number of hydrogen-bond donors (Lipinski definition) is 1. The average Bonchev–Trinajstić information content (AvgIpc) is 2.82. The van der Waals surface area contributed by atoms with Crippen molar-refractivity contribution in [2.45, 2.75) is 19.8 Å². The molecule has 110 valence electrons. The van der Waals surface area contributed by atoms with Gasteiger partial charge in [0.15, 0.2) is 5.69 Å². The van der Waals surface area contributed by atoms with E-state index in [4.69, 9.17) is 5.11 Å². The molecular weight excluding hydrogens is 283 g/mol. The van der Waals surface area contributed by atoms with Crippen molar-refractivity contribution in [1.82, 2.24) is 15.0 Å². The van der Waals surface area contributed by atoms with Gasteiger partial charge in [-0.1, -0.05) is 18.6 Å². The Bertz CT molecular complexity index is 713. The number of rotatable bonds is 5. The van der Waals surface area contributed by atoms with Crippen LogP contribution >= 0.6 is 0 Å². The minimum atomic E-state index is -1.23. The lowest BCUT2D eigenvalue weighted by Gasteiger charge is -2.06. The molecule has 0 fully saturated rings. The number of nitro groups is 1. The van der Waals surface area contributed by atoms with E-state index in [0.717, 1.165) is 12.1 Å². The Morgan fingerprint density at radius 1 is 1.52 bits per heavy atom. The molecule has 1 aromatic carbocycles. The van der Waals surface area contributed by atoms with Gasteiger partial charge in [0, 0.05) is 12.1 Å². The summed E-state index contributed by atoms with van der Waals surface area (Å²) in [6.07, 6.45) is 1.02. The smallest absolute Gasteiger partial charge is 0.358 e. The Morgan fingerprint density at radius 2 is 2.24 bits per heavy atom. The maximum Gasteiger partial charge on any atom is 0.358 e. The predicted octanol–water partition coefficient (Wildman–Crippen LogP) is 1.97. The van der Waals surface area contributed by atoms with E-state index in [1.165, 1.54) is 10.7 Å². The van der Waals surface area contributed by atoms with Crippen molar-refractivity contribution in [1.29, 1.82) is 0 Å². The van der Waals surface area contributed by atoms with Crippen LogP contribution in [0.3, 0.4) is 0 Å². The van der Waals surface area contributed by atoms with Crippen molar-refractivity contribution in [2.75, 3.05) is 0 Å². The molecule has 0 spiro atoms. The normalized spacial score (nSPS) is 10.6. The molecule has 0 saturated heterocycles. The number of aromatic nitrogens is 3. The first-order chi connectivity index (χ1) is 9.95. The van der Waals surface area contributed by atoms with Crippen LogP contribution in [-0.4, -0.2) is 31.0 Å². The SMILES string of the molecule is CCCc1c(C(=O)O)nnn1-c1ccc([N+](=O)[O-])c(F)c1. The Kier molecular flexibility index (Phi) is 3.92. The predicted molar refractivity (Wildman–Crippen MR) is 68.9 cm³/mol. The number of aromatic carboxylic acids is 1. The summed E-state index contributed by atoms with van der Waals surface area (Å²) in [5, 5.41) is 26.9. The van der Waals surface area contributed by atoms with E-state index in [0.29, 0.717) is 18.5 Å². The summed E-state index contributed by atoms with van der Waals surface area (Å²) < 4.78 is 14.8. The molecule has 1 heterocycles. The van der Waals surface area contributed by atoms with Gasteiger partial charge >= 0.3 is 11.7 Å². The Morgan fingerprint density at radius 3 is 2.76 bits per heavy atom. The molecule has 0 unspecified atom stereocenters. The summed E-state index contributed by atoms with van der Waals surface area (Å²) in [6, 6.07) is 3.22. The summed E-state index contributed by atoms with van der Waals surface area (Å²) >= 11 is 0. The van der Waals surface area contributed by atoms with E-state index in [2.05, 4.69) is 10.3 Å². The number of hydrogen-bond acceptors (Lipinski definition) is 5. The number of carboxylic acid groups (broad SMARTS) is 1. The lowest BCUT2D eigenvalue weighted by atomic mass is 10.2. The molecule has 0 bridgehead atoms.